The molecule has 0 amide bonds. The number of benzene rings is 1. The molecule has 0 aliphatic carbocycles. The Labute approximate surface area is 117 Å². The summed E-state index contributed by atoms with van der Waals surface area (Å²) >= 11 is 0. The molecule has 0 saturated heterocycles. The van der Waals surface area contributed by atoms with Crippen LogP contribution >= 0.6 is 0 Å². The maximum Gasteiger partial charge on any atom is 0.119 e. The molecular weight excluding hydrogens is 238 g/mol. The maximum absolute atomic E-state index is 5.46. The molecule has 0 aliphatic heterocycles. The lowest BCUT2D eigenvalue weighted by Crippen LogP contribution is -2.21. The second-order valence-electron chi connectivity index (χ2n) is 4.64. The van der Waals surface area contributed by atoms with Crippen LogP contribution in [-0.2, 0) is 4.74 Å². The summed E-state index contributed by atoms with van der Waals surface area (Å²) < 4.78 is 10.9. The summed E-state index contributed by atoms with van der Waals surface area (Å²) in [5, 5.41) is 3.51. The van der Waals surface area contributed by atoms with Gasteiger partial charge in [-0.2, -0.15) is 0 Å². The second kappa shape index (κ2) is 9.82. The smallest absolute Gasteiger partial charge is 0.119 e. The van der Waals surface area contributed by atoms with Gasteiger partial charge in [0.1, 0.15) is 5.75 Å². The summed E-state index contributed by atoms with van der Waals surface area (Å²) in [4.78, 5) is 0. The number of rotatable bonds is 10. The minimum atomic E-state index is 0.363. The molecule has 0 aromatic heterocycles. The van der Waals surface area contributed by atoms with E-state index in [4.69, 9.17) is 9.47 Å². The summed E-state index contributed by atoms with van der Waals surface area (Å²) in [5.41, 5.74) is 1.29. The highest BCUT2D eigenvalue weighted by Gasteiger charge is 2.04. The van der Waals surface area contributed by atoms with Crippen molar-refractivity contribution in [2.24, 2.45) is 0 Å². The van der Waals surface area contributed by atoms with E-state index in [1.807, 2.05) is 19.1 Å². The van der Waals surface area contributed by atoms with Gasteiger partial charge in [-0.05, 0) is 50.9 Å². The van der Waals surface area contributed by atoms with Gasteiger partial charge >= 0.3 is 0 Å². The molecule has 108 valence electrons. The predicted molar refractivity (Wildman–Crippen MR) is 79.8 cm³/mol. The minimum absolute atomic E-state index is 0.363. The van der Waals surface area contributed by atoms with Gasteiger partial charge in [-0.1, -0.05) is 19.1 Å². The van der Waals surface area contributed by atoms with Crippen LogP contribution in [0.2, 0.25) is 0 Å². The Morgan fingerprint density at radius 2 is 1.84 bits per heavy atom. The summed E-state index contributed by atoms with van der Waals surface area (Å²) in [6, 6.07) is 8.66. The largest absolute Gasteiger partial charge is 0.494 e. The lowest BCUT2D eigenvalue weighted by atomic mass is 10.1. The van der Waals surface area contributed by atoms with Crippen LogP contribution in [-0.4, -0.2) is 26.4 Å². The standard InChI is InChI=1S/C16H27NO2/c1-4-12-18-13-6-11-17-14(3)15-7-9-16(10-8-15)19-5-2/h7-10,14,17H,4-6,11-13H2,1-3H3. The Balaban J connectivity index is 2.23. The molecule has 0 spiro atoms. The van der Waals surface area contributed by atoms with Crippen LogP contribution in [0.15, 0.2) is 24.3 Å². The lowest BCUT2D eigenvalue weighted by molar-refractivity contribution is 0.132. The van der Waals surface area contributed by atoms with Crippen molar-refractivity contribution < 1.29 is 9.47 Å². The van der Waals surface area contributed by atoms with E-state index < -0.39 is 0 Å². The number of ether oxygens (including phenoxy) is 2. The topological polar surface area (TPSA) is 30.5 Å². The van der Waals surface area contributed by atoms with Crippen LogP contribution in [0.3, 0.4) is 0 Å². The van der Waals surface area contributed by atoms with E-state index in [9.17, 15) is 0 Å². The molecule has 0 bridgehead atoms. The van der Waals surface area contributed by atoms with Crippen LogP contribution < -0.4 is 10.1 Å². The van der Waals surface area contributed by atoms with Crippen LogP contribution in [0.5, 0.6) is 5.75 Å². The third-order valence-corrected chi connectivity index (χ3v) is 2.96. The zero-order valence-electron chi connectivity index (χ0n) is 12.4. The fraction of sp³-hybridized carbons (Fsp3) is 0.625. The summed E-state index contributed by atoms with van der Waals surface area (Å²) in [7, 11) is 0. The molecule has 0 aliphatic rings. The van der Waals surface area contributed by atoms with Crippen LogP contribution in [0, 0.1) is 0 Å². The minimum Gasteiger partial charge on any atom is -0.494 e. The van der Waals surface area contributed by atoms with Crippen LogP contribution in [0.25, 0.3) is 0 Å². The Hall–Kier alpha value is -1.06. The van der Waals surface area contributed by atoms with Gasteiger partial charge in [0.15, 0.2) is 0 Å². The lowest BCUT2D eigenvalue weighted by Gasteiger charge is -2.15. The highest BCUT2D eigenvalue weighted by molar-refractivity contribution is 5.28. The molecule has 0 radical (unpaired) electrons. The molecule has 0 saturated carbocycles. The monoisotopic (exact) mass is 265 g/mol. The van der Waals surface area contributed by atoms with Gasteiger partial charge in [0.05, 0.1) is 6.61 Å². The van der Waals surface area contributed by atoms with Gasteiger partial charge in [-0.15, -0.1) is 0 Å². The third kappa shape index (κ3) is 6.60. The summed E-state index contributed by atoms with van der Waals surface area (Å²) in [6.45, 7) is 9.72. The van der Waals surface area contributed by atoms with Crippen molar-refractivity contribution in [3.05, 3.63) is 29.8 Å². The molecule has 1 rings (SSSR count). The van der Waals surface area contributed by atoms with Gasteiger partial charge in [0.25, 0.3) is 0 Å². The van der Waals surface area contributed by atoms with E-state index >= 15 is 0 Å². The van der Waals surface area contributed by atoms with Crippen molar-refractivity contribution in [1.82, 2.24) is 5.32 Å². The second-order valence-corrected chi connectivity index (χ2v) is 4.64. The molecule has 0 fully saturated rings. The van der Waals surface area contributed by atoms with Gasteiger partial charge in [-0.25, -0.2) is 0 Å². The van der Waals surface area contributed by atoms with E-state index in [1.165, 1.54) is 5.56 Å². The van der Waals surface area contributed by atoms with Crippen molar-refractivity contribution >= 4 is 0 Å². The molecule has 1 aromatic carbocycles. The molecular formula is C16H27NO2. The highest BCUT2D eigenvalue weighted by atomic mass is 16.5. The molecule has 3 heteroatoms. The molecule has 1 N–H and O–H groups in total. The van der Waals surface area contributed by atoms with E-state index in [0.29, 0.717) is 12.6 Å². The van der Waals surface area contributed by atoms with E-state index in [1.54, 1.807) is 0 Å². The zero-order valence-corrected chi connectivity index (χ0v) is 12.4. The Morgan fingerprint density at radius 3 is 2.47 bits per heavy atom. The van der Waals surface area contributed by atoms with Gasteiger partial charge in [-0.3, -0.25) is 0 Å². The van der Waals surface area contributed by atoms with E-state index in [0.717, 1.165) is 38.3 Å². The maximum atomic E-state index is 5.46. The van der Waals surface area contributed by atoms with Crippen LogP contribution in [0.4, 0.5) is 0 Å². The Bertz CT molecular complexity index is 324. The van der Waals surface area contributed by atoms with Crippen LogP contribution in [0.1, 0.15) is 45.2 Å². The van der Waals surface area contributed by atoms with Crippen molar-refractivity contribution in [3.8, 4) is 5.75 Å². The first kappa shape index (κ1) is 16.0. The Morgan fingerprint density at radius 1 is 1.11 bits per heavy atom. The number of hydrogen-bond acceptors (Lipinski definition) is 3. The SMILES string of the molecule is CCCOCCCNC(C)c1ccc(OCC)cc1. The van der Waals surface area contributed by atoms with Crippen molar-refractivity contribution in [2.45, 2.75) is 39.7 Å². The molecule has 19 heavy (non-hydrogen) atoms. The molecule has 3 nitrogen and oxygen atoms in total. The van der Waals surface area contributed by atoms with Gasteiger partial charge < -0.3 is 14.8 Å². The highest BCUT2D eigenvalue weighted by Crippen LogP contribution is 2.17. The van der Waals surface area contributed by atoms with Crippen molar-refractivity contribution in [1.29, 1.82) is 0 Å². The summed E-state index contributed by atoms with van der Waals surface area (Å²) in [6.07, 6.45) is 2.15. The average Bonchev–Trinajstić information content (AvgIpc) is 2.43. The molecule has 1 unspecified atom stereocenters. The Kier molecular flexibility index (Phi) is 8.26. The molecule has 1 atom stereocenters. The first-order chi connectivity index (χ1) is 9.27. The number of nitrogens with one attached hydrogen (secondary N) is 1. The fourth-order valence-electron chi connectivity index (χ4n) is 1.88. The predicted octanol–water partition coefficient (Wildman–Crippen LogP) is 3.55. The van der Waals surface area contributed by atoms with Gasteiger partial charge in [0.2, 0.25) is 0 Å². The fourth-order valence-corrected chi connectivity index (χ4v) is 1.88. The average molecular weight is 265 g/mol. The first-order valence-corrected chi connectivity index (χ1v) is 7.31. The molecule has 0 heterocycles. The van der Waals surface area contributed by atoms with Crippen molar-refractivity contribution in [2.75, 3.05) is 26.4 Å². The summed E-state index contributed by atoms with van der Waals surface area (Å²) in [5.74, 6) is 0.936. The van der Waals surface area contributed by atoms with E-state index in [-0.39, 0.29) is 0 Å². The van der Waals surface area contributed by atoms with Gasteiger partial charge in [0, 0.05) is 19.3 Å². The third-order valence-electron chi connectivity index (χ3n) is 2.96. The normalized spacial score (nSPS) is 12.4. The zero-order chi connectivity index (χ0) is 13.9. The van der Waals surface area contributed by atoms with Crippen molar-refractivity contribution in [3.63, 3.8) is 0 Å². The quantitative estimate of drug-likeness (QED) is 0.656. The van der Waals surface area contributed by atoms with E-state index in [2.05, 4.69) is 31.3 Å². The molecule has 1 aromatic rings. The first-order valence-electron chi connectivity index (χ1n) is 7.31. The number of hydrogen-bond donors (Lipinski definition) is 1.